The average Bonchev–Trinajstić information content (AvgIpc) is 2.83. The van der Waals surface area contributed by atoms with Crippen LogP contribution in [0.15, 0.2) is 36.7 Å². The van der Waals surface area contributed by atoms with Crippen LogP contribution in [0.4, 0.5) is 11.6 Å². The highest BCUT2D eigenvalue weighted by atomic mass is 16.5. The Labute approximate surface area is 178 Å². The van der Waals surface area contributed by atoms with Crippen LogP contribution < -0.4 is 15.0 Å². The van der Waals surface area contributed by atoms with Gasteiger partial charge in [-0.2, -0.15) is 0 Å². The minimum Gasteiger partial charge on any atom is -0.497 e. The number of piperidine rings is 1. The highest BCUT2D eigenvalue weighted by Gasteiger charge is 2.34. The summed E-state index contributed by atoms with van der Waals surface area (Å²) in [4.78, 5) is 11.2. The molecule has 3 heterocycles. The Morgan fingerprint density at radius 1 is 1.20 bits per heavy atom. The van der Waals surface area contributed by atoms with Gasteiger partial charge in [-0.15, -0.1) is 0 Å². The van der Waals surface area contributed by atoms with E-state index in [9.17, 15) is 5.11 Å². The molecule has 0 amide bonds. The third kappa shape index (κ3) is 4.52. The predicted octanol–water partition coefficient (Wildman–Crippen LogP) is 3.00. The van der Waals surface area contributed by atoms with Crippen LogP contribution in [0.1, 0.15) is 37.7 Å². The van der Waals surface area contributed by atoms with Crippen molar-refractivity contribution in [1.82, 2.24) is 9.97 Å². The van der Waals surface area contributed by atoms with Gasteiger partial charge >= 0.3 is 0 Å². The second-order valence-electron chi connectivity index (χ2n) is 8.26. The molecule has 2 aliphatic rings. The molecule has 0 aliphatic carbocycles. The molecule has 1 atom stereocenters. The zero-order chi connectivity index (χ0) is 20.8. The number of aromatic nitrogens is 2. The van der Waals surface area contributed by atoms with Crippen molar-refractivity contribution in [2.75, 3.05) is 50.2 Å². The van der Waals surface area contributed by atoms with Crippen molar-refractivity contribution < 1.29 is 14.6 Å². The number of nitrogens with one attached hydrogen (secondary N) is 1. The van der Waals surface area contributed by atoms with Crippen molar-refractivity contribution in [1.29, 1.82) is 0 Å². The van der Waals surface area contributed by atoms with Crippen LogP contribution in [0, 0.1) is 0 Å². The van der Waals surface area contributed by atoms with Crippen LogP contribution in [-0.2, 0) is 10.2 Å². The first-order chi connectivity index (χ1) is 14.7. The summed E-state index contributed by atoms with van der Waals surface area (Å²) in [6, 6.07) is 10.5. The number of ether oxygens (including phenoxy) is 2. The Morgan fingerprint density at radius 2 is 2.00 bits per heavy atom. The van der Waals surface area contributed by atoms with E-state index in [-0.39, 0.29) is 18.1 Å². The largest absolute Gasteiger partial charge is 0.497 e. The van der Waals surface area contributed by atoms with Crippen LogP contribution in [-0.4, -0.2) is 61.1 Å². The zero-order valence-corrected chi connectivity index (χ0v) is 17.7. The van der Waals surface area contributed by atoms with E-state index < -0.39 is 0 Å². The molecular weight excluding hydrogens is 380 g/mol. The Morgan fingerprint density at radius 3 is 2.73 bits per heavy atom. The number of methoxy groups -OCH3 is 1. The van der Waals surface area contributed by atoms with Crippen molar-refractivity contribution in [3.8, 4) is 5.75 Å². The van der Waals surface area contributed by atoms with Crippen molar-refractivity contribution in [3.63, 3.8) is 0 Å². The van der Waals surface area contributed by atoms with Gasteiger partial charge in [-0.05, 0) is 49.8 Å². The molecule has 4 rings (SSSR count). The van der Waals surface area contributed by atoms with Gasteiger partial charge < -0.3 is 24.8 Å². The lowest BCUT2D eigenvalue weighted by atomic mass is 9.74. The lowest BCUT2D eigenvalue weighted by Gasteiger charge is -2.38. The lowest BCUT2D eigenvalue weighted by molar-refractivity contribution is 0.0543. The molecule has 1 unspecified atom stereocenters. The molecule has 2 saturated heterocycles. The quantitative estimate of drug-likeness (QED) is 0.724. The van der Waals surface area contributed by atoms with Crippen LogP contribution in [0.2, 0.25) is 0 Å². The highest BCUT2D eigenvalue weighted by Crippen LogP contribution is 2.36. The van der Waals surface area contributed by atoms with Gasteiger partial charge in [0.05, 0.1) is 19.8 Å². The van der Waals surface area contributed by atoms with Gasteiger partial charge in [-0.1, -0.05) is 12.1 Å². The van der Waals surface area contributed by atoms with Crippen molar-refractivity contribution >= 4 is 11.6 Å². The molecule has 7 nitrogen and oxygen atoms in total. The molecule has 0 bridgehead atoms. The maximum absolute atomic E-state index is 9.74. The monoisotopic (exact) mass is 412 g/mol. The number of aliphatic hydroxyl groups is 1. The summed E-state index contributed by atoms with van der Waals surface area (Å²) in [5, 5.41) is 13.3. The van der Waals surface area contributed by atoms with Crippen molar-refractivity contribution in [3.05, 3.63) is 42.2 Å². The number of nitrogens with zero attached hydrogens (tertiary/aromatic N) is 3. The first-order valence-corrected chi connectivity index (χ1v) is 10.9. The maximum Gasteiger partial charge on any atom is 0.134 e. The molecule has 162 valence electrons. The van der Waals surface area contributed by atoms with Gasteiger partial charge in [-0.25, -0.2) is 9.97 Å². The standard InChI is InChI=1S/C23H32N4O3/c1-29-20-7-5-18(6-8-20)23(9-12-30-13-10-23)16-24-21-14-22(26-17-25-21)27-11-3-2-4-19(27)15-28/h5-8,14,17,19,28H,2-4,9-13,15-16H2,1H3,(H,24,25,26). The molecule has 30 heavy (non-hydrogen) atoms. The number of anilines is 2. The highest BCUT2D eigenvalue weighted by molar-refractivity contribution is 5.50. The number of hydrogen-bond donors (Lipinski definition) is 2. The average molecular weight is 413 g/mol. The second kappa shape index (κ2) is 9.62. The molecular formula is C23H32N4O3. The molecule has 2 aromatic rings. The van der Waals surface area contributed by atoms with Crippen LogP contribution in [0.5, 0.6) is 5.75 Å². The minimum absolute atomic E-state index is 0.00556. The third-order valence-electron chi connectivity index (χ3n) is 6.54. The fraction of sp³-hybridized carbons (Fsp3) is 0.565. The molecule has 0 radical (unpaired) electrons. The summed E-state index contributed by atoms with van der Waals surface area (Å²) in [6.07, 6.45) is 6.83. The van der Waals surface area contributed by atoms with E-state index in [1.54, 1.807) is 13.4 Å². The molecule has 2 fully saturated rings. The fourth-order valence-electron chi connectivity index (χ4n) is 4.63. The number of benzene rings is 1. The van der Waals surface area contributed by atoms with E-state index >= 15 is 0 Å². The van der Waals surface area contributed by atoms with Gasteiger partial charge in [0.15, 0.2) is 0 Å². The Balaban J connectivity index is 1.51. The van der Waals surface area contributed by atoms with Gasteiger partial charge in [0.1, 0.15) is 23.7 Å². The minimum atomic E-state index is -0.00556. The topological polar surface area (TPSA) is 79.7 Å². The molecule has 2 aliphatic heterocycles. The maximum atomic E-state index is 9.74. The number of aliphatic hydroxyl groups excluding tert-OH is 1. The van der Waals surface area contributed by atoms with Crippen LogP contribution in [0.3, 0.4) is 0 Å². The van der Waals surface area contributed by atoms with Gasteiger partial charge in [-0.3, -0.25) is 0 Å². The molecule has 0 spiro atoms. The first-order valence-electron chi connectivity index (χ1n) is 10.9. The normalized spacial score (nSPS) is 21.3. The van der Waals surface area contributed by atoms with E-state index in [4.69, 9.17) is 9.47 Å². The van der Waals surface area contributed by atoms with Crippen LogP contribution >= 0.6 is 0 Å². The second-order valence-corrected chi connectivity index (χ2v) is 8.26. The summed E-state index contributed by atoms with van der Waals surface area (Å²) >= 11 is 0. The van der Waals surface area contributed by atoms with Crippen molar-refractivity contribution in [2.24, 2.45) is 0 Å². The molecule has 2 N–H and O–H groups in total. The summed E-state index contributed by atoms with van der Waals surface area (Å²) in [6.45, 7) is 3.38. The molecule has 1 aromatic carbocycles. The van der Waals surface area contributed by atoms with Gasteiger partial charge in [0.2, 0.25) is 0 Å². The lowest BCUT2D eigenvalue weighted by Crippen LogP contribution is -2.42. The van der Waals surface area contributed by atoms with Crippen molar-refractivity contribution in [2.45, 2.75) is 43.6 Å². The molecule has 1 aromatic heterocycles. The fourth-order valence-corrected chi connectivity index (χ4v) is 4.63. The van der Waals surface area contributed by atoms with Gasteiger partial charge in [0.25, 0.3) is 0 Å². The Kier molecular flexibility index (Phi) is 6.69. The van der Waals surface area contributed by atoms with E-state index in [1.165, 1.54) is 5.56 Å². The summed E-state index contributed by atoms with van der Waals surface area (Å²) in [5.74, 6) is 2.58. The number of rotatable bonds is 7. The zero-order valence-electron chi connectivity index (χ0n) is 17.7. The summed E-state index contributed by atoms with van der Waals surface area (Å²) in [7, 11) is 1.69. The van der Waals surface area contributed by atoms with E-state index in [2.05, 4.69) is 32.3 Å². The third-order valence-corrected chi connectivity index (χ3v) is 6.54. The number of hydrogen-bond acceptors (Lipinski definition) is 7. The molecule has 0 saturated carbocycles. The van der Waals surface area contributed by atoms with E-state index in [1.807, 2.05) is 18.2 Å². The summed E-state index contributed by atoms with van der Waals surface area (Å²) in [5.41, 5.74) is 1.29. The SMILES string of the molecule is COc1ccc(C2(CNc3cc(N4CCCCC4CO)ncn3)CCOCC2)cc1. The predicted molar refractivity (Wildman–Crippen MR) is 117 cm³/mol. The smallest absolute Gasteiger partial charge is 0.134 e. The Hall–Kier alpha value is -2.38. The first kappa shape index (κ1) is 20.9. The van der Waals surface area contributed by atoms with Gasteiger partial charge in [0, 0.05) is 37.8 Å². The van der Waals surface area contributed by atoms with E-state index in [0.717, 1.165) is 75.8 Å². The molecule has 7 heteroatoms. The summed E-state index contributed by atoms with van der Waals surface area (Å²) < 4.78 is 11.0. The van der Waals surface area contributed by atoms with E-state index in [0.29, 0.717) is 0 Å². The Bertz CT molecular complexity index is 808. The van der Waals surface area contributed by atoms with Crippen LogP contribution in [0.25, 0.3) is 0 Å².